The van der Waals surface area contributed by atoms with Crippen molar-refractivity contribution in [3.05, 3.63) is 23.9 Å². The molecule has 0 bridgehead atoms. The third kappa shape index (κ3) is 2.54. The van der Waals surface area contributed by atoms with Crippen LogP contribution in [0.5, 0.6) is 5.75 Å². The van der Waals surface area contributed by atoms with Crippen LogP contribution in [-0.2, 0) is 11.2 Å². The number of carbonyl (C=O) groups excluding carboxylic acids is 1. The van der Waals surface area contributed by atoms with Crippen LogP contribution in [0.4, 0.5) is 0 Å². The molecule has 0 atom stereocenters. The van der Waals surface area contributed by atoms with Crippen LogP contribution in [0, 0.1) is 5.92 Å². The van der Waals surface area contributed by atoms with Crippen LogP contribution in [0.3, 0.4) is 0 Å². The Morgan fingerprint density at radius 1 is 1.53 bits per heavy atom. The fraction of sp³-hybridized carbons (Fsp3) is 0.429. The van der Waals surface area contributed by atoms with E-state index in [0.29, 0.717) is 6.54 Å². The van der Waals surface area contributed by atoms with Crippen molar-refractivity contribution >= 4 is 16.8 Å². The molecule has 0 spiro atoms. The van der Waals surface area contributed by atoms with Gasteiger partial charge in [0.05, 0.1) is 18.3 Å². The molecule has 1 fully saturated rings. The third-order valence-corrected chi connectivity index (χ3v) is 3.46. The molecule has 0 aliphatic heterocycles. The Kier molecular flexibility index (Phi) is 3.11. The largest absolute Gasteiger partial charge is 0.497 e. The highest BCUT2D eigenvalue weighted by atomic mass is 16.5. The van der Waals surface area contributed by atoms with Crippen molar-refractivity contribution < 1.29 is 9.53 Å². The van der Waals surface area contributed by atoms with Crippen molar-refractivity contribution in [2.75, 3.05) is 13.7 Å². The SMILES string of the molecule is COc1ccc2[nH]nc(CCNC(=O)C3CC3)c2c1. The highest BCUT2D eigenvalue weighted by molar-refractivity contribution is 5.83. The quantitative estimate of drug-likeness (QED) is 0.857. The summed E-state index contributed by atoms with van der Waals surface area (Å²) in [7, 11) is 1.65. The molecule has 0 radical (unpaired) electrons. The van der Waals surface area contributed by atoms with Gasteiger partial charge in [-0.3, -0.25) is 9.89 Å². The molecule has 1 aliphatic carbocycles. The maximum Gasteiger partial charge on any atom is 0.223 e. The number of hydrogen-bond acceptors (Lipinski definition) is 3. The fourth-order valence-corrected chi connectivity index (χ4v) is 2.16. The third-order valence-electron chi connectivity index (χ3n) is 3.46. The molecule has 1 aromatic heterocycles. The van der Waals surface area contributed by atoms with Gasteiger partial charge < -0.3 is 10.1 Å². The van der Waals surface area contributed by atoms with Gasteiger partial charge >= 0.3 is 0 Å². The molecule has 1 saturated carbocycles. The minimum absolute atomic E-state index is 0.178. The summed E-state index contributed by atoms with van der Waals surface area (Å²) in [6.45, 7) is 0.631. The van der Waals surface area contributed by atoms with E-state index in [0.717, 1.165) is 41.6 Å². The van der Waals surface area contributed by atoms with Gasteiger partial charge in [-0.1, -0.05) is 0 Å². The number of amides is 1. The Hall–Kier alpha value is -2.04. The van der Waals surface area contributed by atoms with Crippen molar-refractivity contribution in [2.24, 2.45) is 5.92 Å². The van der Waals surface area contributed by atoms with Gasteiger partial charge in [0, 0.05) is 24.3 Å². The number of carbonyl (C=O) groups is 1. The second kappa shape index (κ2) is 4.91. The molecule has 0 saturated heterocycles. The van der Waals surface area contributed by atoms with Gasteiger partial charge in [-0.05, 0) is 31.0 Å². The van der Waals surface area contributed by atoms with E-state index in [-0.39, 0.29) is 11.8 Å². The number of methoxy groups -OCH3 is 1. The standard InChI is InChI=1S/C14H17N3O2/c1-19-10-4-5-12-11(8-10)13(17-16-12)6-7-15-14(18)9-2-3-9/h4-5,8-9H,2-3,6-7H2,1H3,(H,15,18)(H,16,17). The van der Waals surface area contributed by atoms with Gasteiger partial charge in [0.15, 0.2) is 0 Å². The smallest absolute Gasteiger partial charge is 0.223 e. The Labute approximate surface area is 111 Å². The van der Waals surface area contributed by atoms with Crippen LogP contribution in [0.1, 0.15) is 18.5 Å². The van der Waals surface area contributed by atoms with E-state index in [1.807, 2.05) is 18.2 Å². The summed E-state index contributed by atoms with van der Waals surface area (Å²) < 4.78 is 5.22. The first-order chi connectivity index (χ1) is 9.28. The van der Waals surface area contributed by atoms with Crippen molar-refractivity contribution in [2.45, 2.75) is 19.3 Å². The predicted molar refractivity (Wildman–Crippen MR) is 72.1 cm³/mol. The number of hydrogen-bond donors (Lipinski definition) is 2. The normalized spacial score (nSPS) is 14.6. The number of aromatic nitrogens is 2. The molecule has 1 heterocycles. The van der Waals surface area contributed by atoms with Crippen LogP contribution in [0.2, 0.25) is 0 Å². The number of ether oxygens (including phenoxy) is 1. The summed E-state index contributed by atoms with van der Waals surface area (Å²) >= 11 is 0. The van der Waals surface area contributed by atoms with Crippen molar-refractivity contribution in [3.8, 4) is 5.75 Å². The summed E-state index contributed by atoms with van der Waals surface area (Å²) in [6, 6.07) is 5.82. The molecule has 19 heavy (non-hydrogen) atoms. The van der Waals surface area contributed by atoms with Gasteiger partial charge in [-0.2, -0.15) is 5.10 Å². The van der Waals surface area contributed by atoms with Gasteiger partial charge in [-0.25, -0.2) is 0 Å². The fourth-order valence-electron chi connectivity index (χ4n) is 2.16. The Morgan fingerprint density at radius 3 is 3.11 bits per heavy atom. The van der Waals surface area contributed by atoms with Crippen LogP contribution in [0.15, 0.2) is 18.2 Å². The zero-order valence-corrected chi connectivity index (χ0v) is 10.9. The van der Waals surface area contributed by atoms with E-state index in [1.54, 1.807) is 7.11 Å². The second-order valence-corrected chi connectivity index (χ2v) is 4.90. The van der Waals surface area contributed by atoms with Crippen molar-refractivity contribution in [1.29, 1.82) is 0 Å². The first-order valence-corrected chi connectivity index (χ1v) is 6.56. The Bertz CT molecular complexity index is 602. The Balaban J connectivity index is 1.67. The monoisotopic (exact) mass is 259 g/mol. The molecule has 1 aromatic carbocycles. The second-order valence-electron chi connectivity index (χ2n) is 4.90. The Morgan fingerprint density at radius 2 is 2.37 bits per heavy atom. The maximum absolute atomic E-state index is 11.5. The number of fused-ring (bicyclic) bond motifs is 1. The molecule has 3 rings (SSSR count). The van der Waals surface area contributed by atoms with Crippen LogP contribution >= 0.6 is 0 Å². The molecule has 1 amide bonds. The zero-order valence-electron chi connectivity index (χ0n) is 10.9. The van der Waals surface area contributed by atoms with Gasteiger partial charge in [0.1, 0.15) is 5.75 Å². The molecule has 1 aliphatic rings. The van der Waals surface area contributed by atoms with E-state index < -0.39 is 0 Å². The van der Waals surface area contributed by atoms with E-state index in [4.69, 9.17) is 4.74 Å². The summed E-state index contributed by atoms with van der Waals surface area (Å²) in [5.74, 6) is 1.26. The predicted octanol–water partition coefficient (Wildman–Crippen LogP) is 1.64. The summed E-state index contributed by atoms with van der Waals surface area (Å²) in [5.41, 5.74) is 1.95. The van der Waals surface area contributed by atoms with Crippen molar-refractivity contribution in [3.63, 3.8) is 0 Å². The van der Waals surface area contributed by atoms with E-state index in [2.05, 4.69) is 15.5 Å². The number of nitrogens with zero attached hydrogens (tertiary/aromatic N) is 1. The average molecular weight is 259 g/mol. The lowest BCUT2D eigenvalue weighted by Crippen LogP contribution is -2.27. The molecule has 0 unspecified atom stereocenters. The number of H-pyrrole nitrogens is 1. The van der Waals surface area contributed by atoms with Crippen LogP contribution in [0.25, 0.3) is 10.9 Å². The van der Waals surface area contributed by atoms with Crippen LogP contribution < -0.4 is 10.1 Å². The molecule has 5 nitrogen and oxygen atoms in total. The van der Waals surface area contributed by atoms with Gasteiger partial charge in [0.2, 0.25) is 5.91 Å². The lowest BCUT2D eigenvalue weighted by Gasteiger charge is -2.03. The first kappa shape index (κ1) is 12.0. The van der Waals surface area contributed by atoms with Gasteiger partial charge in [0.25, 0.3) is 0 Å². The maximum atomic E-state index is 11.5. The first-order valence-electron chi connectivity index (χ1n) is 6.56. The van der Waals surface area contributed by atoms with E-state index in [1.165, 1.54) is 0 Å². The molecule has 5 heteroatoms. The van der Waals surface area contributed by atoms with Crippen molar-refractivity contribution in [1.82, 2.24) is 15.5 Å². The van der Waals surface area contributed by atoms with E-state index in [9.17, 15) is 4.79 Å². The molecular formula is C14H17N3O2. The lowest BCUT2D eigenvalue weighted by atomic mass is 10.1. The molecule has 2 aromatic rings. The number of rotatable bonds is 5. The zero-order chi connectivity index (χ0) is 13.2. The number of nitrogens with one attached hydrogen (secondary N) is 2. The lowest BCUT2D eigenvalue weighted by molar-refractivity contribution is -0.122. The number of aromatic amines is 1. The van der Waals surface area contributed by atoms with Gasteiger partial charge in [-0.15, -0.1) is 0 Å². The topological polar surface area (TPSA) is 67.0 Å². The minimum atomic E-state index is 0.178. The highest BCUT2D eigenvalue weighted by Gasteiger charge is 2.29. The molecular weight excluding hydrogens is 242 g/mol. The average Bonchev–Trinajstić information content (AvgIpc) is 3.21. The summed E-state index contributed by atoms with van der Waals surface area (Å²) in [5, 5.41) is 11.3. The summed E-state index contributed by atoms with van der Waals surface area (Å²) in [6.07, 6.45) is 2.80. The number of benzene rings is 1. The molecule has 100 valence electrons. The summed E-state index contributed by atoms with van der Waals surface area (Å²) in [4.78, 5) is 11.5. The van der Waals surface area contributed by atoms with E-state index >= 15 is 0 Å². The minimum Gasteiger partial charge on any atom is -0.497 e. The highest BCUT2D eigenvalue weighted by Crippen LogP contribution is 2.28. The van der Waals surface area contributed by atoms with Crippen LogP contribution in [-0.4, -0.2) is 29.8 Å². The molecule has 2 N–H and O–H groups in total.